The monoisotopic (exact) mass is 289 g/mol. The number of fused-ring (bicyclic) bond motifs is 2. The van der Waals surface area contributed by atoms with Crippen molar-refractivity contribution < 1.29 is 14.3 Å². The van der Waals surface area contributed by atoms with Crippen molar-refractivity contribution in [3.8, 4) is 0 Å². The van der Waals surface area contributed by atoms with Gasteiger partial charge in [0.2, 0.25) is 0 Å². The first-order chi connectivity index (χ1) is 10.1. The number of hydrogen-bond acceptors (Lipinski definition) is 3. The largest absolute Gasteiger partial charge is 0.338 e. The zero-order valence-corrected chi connectivity index (χ0v) is 13.1. The molecule has 21 heavy (non-hydrogen) atoms. The molecular weight excluding hydrogens is 266 g/mol. The minimum Gasteiger partial charge on any atom is -0.338 e. The Bertz CT molecular complexity index is 561. The fourth-order valence-corrected chi connectivity index (χ4v) is 3.28. The molecule has 1 aromatic rings. The molecule has 0 saturated carbocycles. The molecule has 4 nitrogen and oxygen atoms in total. The molecule has 0 unspecified atom stereocenters. The highest BCUT2D eigenvalue weighted by Crippen LogP contribution is 2.48. The topological polar surface area (TPSA) is 38.8 Å². The summed E-state index contributed by atoms with van der Waals surface area (Å²) in [5.41, 5.74) is 4.08. The molecule has 1 amide bonds. The van der Waals surface area contributed by atoms with Gasteiger partial charge >= 0.3 is 0 Å². The minimum atomic E-state index is -1.20. The number of anilines is 1. The molecule has 2 heterocycles. The number of unbranched alkanes of at least 4 members (excludes halogenated alkanes) is 1. The second-order valence-electron chi connectivity index (χ2n) is 5.90. The maximum atomic E-state index is 13.0. The molecule has 1 fully saturated rings. The zero-order valence-electron chi connectivity index (χ0n) is 13.1. The van der Waals surface area contributed by atoms with E-state index in [2.05, 4.69) is 13.0 Å². The molecule has 0 aromatic heterocycles. The Morgan fingerprint density at radius 3 is 2.52 bits per heavy atom. The molecule has 3 rings (SSSR count). The molecule has 0 aliphatic carbocycles. The molecular formula is C17H23NO3. The Morgan fingerprint density at radius 2 is 1.86 bits per heavy atom. The summed E-state index contributed by atoms with van der Waals surface area (Å²) in [7, 11) is 0. The van der Waals surface area contributed by atoms with Crippen molar-refractivity contribution in [2.75, 3.05) is 24.7 Å². The Morgan fingerprint density at radius 1 is 1.19 bits per heavy atom. The molecule has 1 spiro atoms. The number of amides is 1. The van der Waals surface area contributed by atoms with Crippen molar-refractivity contribution >= 4 is 11.6 Å². The third kappa shape index (κ3) is 2.09. The highest BCUT2D eigenvalue weighted by atomic mass is 16.7. The highest BCUT2D eigenvalue weighted by Gasteiger charge is 2.55. The summed E-state index contributed by atoms with van der Waals surface area (Å²) in [4.78, 5) is 14.9. The van der Waals surface area contributed by atoms with Crippen LogP contribution in [0.4, 0.5) is 5.69 Å². The van der Waals surface area contributed by atoms with Gasteiger partial charge in [0, 0.05) is 12.1 Å². The molecule has 2 aliphatic heterocycles. The van der Waals surface area contributed by atoms with Gasteiger partial charge in [0.25, 0.3) is 11.7 Å². The quantitative estimate of drug-likeness (QED) is 0.858. The van der Waals surface area contributed by atoms with Crippen molar-refractivity contribution in [3.63, 3.8) is 0 Å². The van der Waals surface area contributed by atoms with E-state index in [-0.39, 0.29) is 5.91 Å². The van der Waals surface area contributed by atoms with Crippen LogP contribution < -0.4 is 4.90 Å². The van der Waals surface area contributed by atoms with Gasteiger partial charge in [0.1, 0.15) is 0 Å². The fourth-order valence-electron chi connectivity index (χ4n) is 3.28. The van der Waals surface area contributed by atoms with Gasteiger partial charge in [-0.2, -0.15) is 0 Å². The number of hydrogen-bond donors (Lipinski definition) is 0. The Labute approximate surface area is 126 Å². The zero-order chi connectivity index (χ0) is 15.0. The number of aryl methyl sites for hydroxylation is 2. The van der Waals surface area contributed by atoms with Crippen LogP contribution >= 0.6 is 0 Å². The van der Waals surface area contributed by atoms with Gasteiger partial charge in [-0.05, 0) is 37.8 Å². The van der Waals surface area contributed by atoms with Gasteiger partial charge in [-0.1, -0.05) is 25.5 Å². The lowest BCUT2D eigenvalue weighted by atomic mass is 9.97. The summed E-state index contributed by atoms with van der Waals surface area (Å²) < 4.78 is 11.8. The van der Waals surface area contributed by atoms with Crippen LogP contribution in [0.25, 0.3) is 0 Å². The van der Waals surface area contributed by atoms with Crippen molar-refractivity contribution in [2.45, 2.75) is 45.8 Å². The molecule has 1 aromatic carbocycles. The predicted molar refractivity (Wildman–Crippen MR) is 81.4 cm³/mol. The van der Waals surface area contributed by atoms with E-state index in [0.29, 0.717) is 13.2 Å². The maximum absolute atomic E-state index is 13.0. The standard InChI is InChI=1S/C17H23NO3/c1-4-5-9-18-15-13(3)8-7-12(2)14(15)17(16(18)19)20-10-6-11-21-17/h7-8H,4-6,9-11H2,1-3H3. The molecule has 0 radical (unpaired) electrons. The number of carbonyl (C=O) groups is 1. The van der Waals surface area contributed by atoms with E-state index < -0.39 is 5.79 Å². The van der Waals surface area contributed by atoms with Crippen molar-refractivity contribution in [2.24, 2.45) is 0 Å². The summed E-state index contributed by atoms with van der Waals surface area (Å²) in [5.74, 6) is -1.25. The Balaban J connectivity index is 2.14. The normalized spacial score (nSPS) is 20.1. The van der Waals surface area contributed by atoms with Crippen molar-refractivity contribution in [1.82, 2.24) is 0 Å². The van der Waals surface area contributed by atoms with Crippen LogP contribution in [-0.4, -0.2) is 25.7 Å². The van der Waals surface area contributed by atoms with E-state index in [9.17, 15) is 4.79 Å². The van der Waals surface area contributed by atoms with Crippen molar-refractivity contribution in [1.29, 1.82) is 0 Å². The average molecular weight is 289 g/mol. The SMILES string of the molecule is CCCCN1C(=O)C2(OCCCO2)c2c(C)ccc(C)c21. The first-order valence-corrected chi connectivity index (χ1v) is 7.82. The second-order valence-corrected chi connectivity index (χ2v) is 5.90. The van der Waals surface area contributed by atoms with Crippen LogP contribution in [0.2, 0.25) is 0 Å². The Hall–Kier alpha value is -1.39. The minimum absolute atomic E-state index is 0.0527. The summed E-state index contributed by atoms with van der Waals surface area (Å²) >= 11 is 0. The lowest BCUT2D eigenvalue weighted by Gasteiger charge is -2.33. The summed E-state index contributed by atoms with van der Waals surface area (Å²) in [6.07, 6.45) is 2.87. The van der Waals surface area contributed by atoms with E-state index in [1.54, 1.807) is 0 Å². The maximum Gasteiger partial charge on any atom is 0.292 e. The van der Waals surface area contributed by atoms with E-state index >= 15 is 0 Å². The lowest BCUT2D eigenvalue weighted by Crippen LogP contribution is -2.47. The van der Waals surface area contributed by atoms with Crippen LogP contribution in [0.1, 0.15) is 42.9 Å². The van der Waals surface area contributed by atoms with Gasteiger partial charge in [-0.15, -0.1) is 0 Å². The number of nitrogens with zero attached hydrogens (tertiary/aromatic N) is 1. The van der Waals surface area contributed by atoms with E-state index in [0.717, 1.165) is 48.2 Å². The van der Waals surface area contributed by atoms with E-state index in [1.807, 2.05) is 24.8 Å². The molecule has 2 aliphatic rings. The van der Waals surface area contributed by atoms with Gasteiger partial charge in [-0.3, -0.25) is 4.79 Å². The third-order valence-electron chi connectivity index (χ3n) is 4.35. The molecule has 0 bridgehead atoms. The third-order valence-corrected chi connectivity index (χ3v) is 4.35. The first kappa shape index (κ1) is 14.5. The highest BCUT2D eigenvalue weighted by molar-refractivity contribution is 6.07. The van der Waals surface area contributed by atoms with E-state index in [1.165, 1.54) is 0 Å². The van der Waals surface area contributed by atoms with Gasteiger partial charge in [-0.25, -0.2) is 0 Å². The molecule has 114 valence electrons. The van der Waals surface area contributed by atoms with Crippen LogP contribution in [0.3, 0.4) is 0 Å². The van der Waals surface area contributed by atoms with Gasteiger partial charge in [0.15, 0.2) is 0 Å². The number of rotatable bonds is 3. The van der Waals surface area contributed by atoms with Crippen LogP contribution in [0.5, 0.6) is 0 Å². The van der Waals surface area contributed by atoms with Crippen LogP contribution in [-0.2, 0) is 20.1 Å². The summed E-state index contributed by atoms with van der Waals surface area (Å²) in [6.45, 7) is 8.07. The summed E-state index contributed by atoms with van der Waals surface area (Å²) in [5, 5.41) is 0. The van der Waals surface area contributed by atoms with E-state index in [4.69, 9.17) is 9.47 Å². The summed E-state index contributed by atoms with van der Waals surface area (Å²) in [6, 6.07) is 4.12. The lowest BCUT2D eigenvalue weighted by molar-refractivity contribution is -0.257. The Kier molecular flexibility index (Phi) is 3.76. The number of benzene rings is 1. The fraction of sp³-hybridized carbons (Fsp3) is 0.588. The molecule has 4 heteroatoms. The van der Waals surface area contributed by atoms with Gasteiger partial charge in [0.05, 0.1) is 18.9 Å². The van der Waals surface area contributed by atoms with Gasteiger partial charge < -0.3 is 14.4 Å². The molecule has 1 saturated heterocycles. The average Bonchev–Trinajstić information content (AvgIpc) is 2.73. The predicted octanol–water partition coefficient (Wildman–Crippen LogP) is 3.04. The number of carbonyl (C=O) groups excluding carboxylic acids is 1. The van der Waals surface area contributed by atoms with Crippen LogP contribution in [0.15, 0.2) is 12.1 Å². The van der Waals surface area contributed by atoms with Crippen molar-refractivity contribution in [3.05, 3.63) is 28.8 Å². The molecule has 0 atom stereocenters. The smallest absolute Gasteiger partial charge is 0.292 e. The first-order valence-electron chi connectivity index (χ1n) is 7.82. The number of ether oxygens (including phenoxy) is 2. The second kappa shape index (κ2) is 5.43. The molecule has 0 N–H and O–H groups in total. The van der Waals surface area contributed by atoms with Crippen LogP contribution in [0, 0.1) is 13.8 Å².